The van der Waals surface area contributed by atoms with Crippen LogP contribution in [0.4, 0.5) is 0 Å². The monoisotopic (exact) mass is 180 g/mol. The Bertz CT molecular complexity index is 345. The van der Waals surface area contributed by atoms with Crippen LogP contribution in [-0.4, -0.2) is 17.7 Å². The molecule has 0 radical (unpaired) electrons. The molecule has 0 aliphatic carbocycles. The van der Waals surface area contributed by atoms with Crippen molar-refractivity contribution >= 4 is 5.97 Å². The molecular weight excluding hydrogens is 172 g/mol. The molecule has 13 heavy (non-hydrogen) atoms. The van der Waals surface area contributed by atoms with Crippen LogP contribution in [0.5, 0.6) is 5.75 Å². The van der Waals surface area contributed by atoms with Crippen LogP contribution in [0.15, 0.2) is 18.2 Å². The highest BCUT2D eigenvalue weighted by atomic mass is 17.2. The zero-order valence-corrected chi connectivity index (χ0v) is 6.82. The van der Waals surface area contributed by atoms with Crippen molar-refractivity contribution < 1.29 is 19.7 Å². The van der Waals surface area contributed by atoms with Crippen LogP contribution in [0.1, 0.15) is 15.9 Å². The summed E-state index contributed by atoms with van der Waals surface area (Å²) in [5.74, 6) is -0.455. The largest absolute Gasteiger partial charge is 0.478 e. The molecule has 0 aromatic heterocycles. The molecule has 1 aliphatic rings. The van der Waals surface area contributed by atoms with Crippen molar-refractivity contribution in [1.82, 2.24) is 0 Å². The van der Waals surface area contributed by atoms with Gasteiger partial charge in [0.15, 0.2) is 5.75 Å². The summed E-state index contributed by atoms with van der Waals surface area (Å²) in [6.07, 6.45) is 0.759. The number of benzene rings is 1. The molecular formula is C9H8O4. The third-order valence-corrected chi connectivity index (χ3v) is 1.92. The average molecular weight is 180 g/mol. The molecule has 4 nitrogen and oxygen atoms in total. The SMILES string of the molecule is O=C(O)c1ccc2c(c1)OOCC2. The molecule has 1 aromatic carbocycles. The van der Waals surface area contributed by atoms with Gasteiger partial charge in [-0.3, -0.25) is 0 Å². The smallest absolute Gasteiger partial charge is 0.335 e. The van der Waals surface area contributed by atoms with Crippen LogP contribution < -0.4 is 4.89 Å². The molecule has 0 saturated carbocycles. The first-order valence-corrected chi connectivity index (χ1v) is 3.93. The number of carbonyl (C=O) groups is 1. The van der Waals surface area contributed by atoms with Crippen LogP contribution >= 0.6 is 0 Å². The maximum atomic E-state index is 10.6. The van der Waals surface area contributed by atoms with E-state index in [-0.39, 0.29) is 5.56 Å². The second kappa shape index (κ2) is 3.06. The summed E-state index contributed by atoms with van der Waals surface area (Å²) in [5, 5.41) is 8.69. The summed E-state index contributed by atoms with van der Waals surface area (Å²) in [4.78, 5) is 20.2. The van der Waals surface area contributed by atoms with Crippen molar-refractivity contribution in [2.75, 3.05) is 6.61 Å². The van der Waals surface area contributed by atoms with Gasteiger partial charge >= 0.3 is 5.97 Å². The van der Waals surface area contributed by atoms with Gasteiger partial charge in [0.1, 0.15) is 0 Å². The van der Waals surface area contributed by atoms with Gasteiger partial charge in [0.2, 0.25) is 0 Å². The lowest BCUT2D eigenvalue weighted by Crippen LogP contribution is -2.11. The number of aromatic carboxylic acids is 1. The zero-order valence-electron chi connectivity index (χ0n) is 6.82. The lowest BCUT2D eigenvalue weighted by molar-refractivity contribution is -0.215. The van der Waals surface area contributed by atoms with Crippen LogP contribution in [0, 0.1) is 0 Å². The van der Waals surface area contributed by atoms with E-state index in [9.17, 15) is 4.79 Å². The number of hydrogen-bond donors (Lipinski definition) is 1. The van der Waals surface area contributed by atoms with E-state index in [1.807, 2.05) is 0 Å². The van der Waals surface area contributed by atoms with Gasteiger partial charge in [-0.05, 0) is 12.1 Å². The van der Waals surface area contributed by atoms with Gasteiger partial charge in [-0.1, -0.05) is 6.07 Å². The second-order valence-corrected chi connectivity index (χ2v) is 2.78. The molecule has 0 saturated heterocycles. The van der Waals surface area contributed by atoms with Crippen LogP contribution in [0.3, 0.4) is 0 Å². The van der Waals surface area contributed by atoms with Crippen molar-refractivity contribution in [2.45, 2.75) is 6.42 Å². The number of carboxylic acids is 1. The Kier molecular flexibility index (Phi) is 1.90. The first kappa shape index (κ1) is 8.07. The molecule has 0 bridgehead atoms. The molecule has 1 heterocycles. The highest BCUT2D eigenvalue weighted by molar-refractivity contribution is 5.88. The summed E-state index contributed by atoms with van der Waals surface area (Å²) in [7, 11) is 0. The maximum Gasteiger partial charge on any atom is 0.335 e. The van der Waals surface area contributed by atoms with Crippen molar-refractivity contribution in [3.63, 3.8) is 0 Å². The lowest BCUT2D eigenvalue weighted by atomic mass is 10.1. The molecule has 0 atom stereocenters. The summed E-state index contributed by atoms with van der Waals surface area (Å²) in [5.41, 5.74) is 1.19. The van der Waals surface area contributed by atoms with Crippen molar-refractivity contribution in [2.24, 2.45) is 0 Å². The van der Waals surface area contributed by atoms with E-state index in [1.54, 1.807) is 12.1 Å². The summed E-state index contributed by atoms with van der Waals surface area (Å²) in [6, 6.07) is 4.79. The predicted octanol–water partition coefficient (Wildman–Crippen LogP) is 1.25. The van der Waals surface area contributed by atoms with E-state index in [0.29, 0.717) is 12.4 Å². The third-order valence-electron chi connectivity index (χ3n) is 1.92. The van der Waals surface area contributed by atoms with E-state index < -0.39 is 5.97 Å². The Morgan fingerprint density at radius 1 is 1.46 bits per heavy atom. The molecule has 1 aliphatic heterocycles. The maximum absolute atomic E-state index is 10.6. The van der Waals surface area contributed by atoms with Crippen LogP contribution in [0.25, 0.3) is 0 Å². The van der Waals surface area contributed by atoms with Gasteiger partial charge in [0.05, 0.1) is 12.2 Å². The fraction of sp³-hybridized carbons (Fsp3) is 0.222. The van der Waals surface area contributed by atoms with Crippen LogP contribution in [-0.2, 0) is 11.3 Å². The van der Waals surface area contributed by atoms with E-state index >= 15 is 0 Å². The Morgan fingerprint density at radius 3 is 3.08 bits per heavy atom. The Hall–Kier alpha value is -1.55. The van der Waals surface area contributed by atoms with Gasteiger partial charge in [-0.2, -0.15) is 4.89 Å². The standard InChI is InChI=1S/C9H8O4/c10-9(11)7-2-1-6-3-4-12-13-8(6)5-7/h1-2,5H,3-4H2,(H,10,11). The molecule has 0 spiro atoms. The van der Waals surface area contributed by atoms with Gasteiger partial charge in [-0.25, -0.2) is 4.79 Å². The van der Waals surface area contributed by atoms with Gasteiger partial charge < -0.3 is 9.99 Å². The number of rotatable bonds is 1. The average Bonchev–Trinajstić information content (AvgIpc) is 2.17. The molecule has 4 heteroatoms. The van der Waals surface area contributed by atoms with Crippen LogP contribution in [0.2, 0.25) is 0 Å². The molecule has 1 aromatic rings. The molecule has 1 N–H and O–H groups in total. The van der Waals surface area contributed by atoms with E-state index in [0.717, 1.165) is 12.0 Å². The van der Waals surface area contributed by atoms with Crippen molar-refractivity contribution in [3.05, 3.63) is 29.3 Å². The van der Waals surface area contributed by atoms with Gasteiger partial charge in [0.25, 0.3) is 0 Å². The first-order chi connectivity index (χ1) is 6.27. The highest BCUT2D eigenvalue weighted by Gasteiger charge is 2.13. The normalized spacial score (nSPS) is 14.5. The first-order valence-electron chi connectivity index (χ1n) is 3.93. The van der Waals surface area contributed by atoms with Crippen molar-refractivity contribution in [1.29, 1.82) is 0 Å². The molecule has 68 valence electrons. The fourth-order valence-electron chi connectivity index (χ4n) is 1.23. The molecule has 0 amide bonds. The minimum atomic E-state index is -0.961. The Morgan fingerprint density at radius 2 is 2.31 bits per heavy atom. The van der Waals surface area contributed by atoms with E-state index in [1.165, 1.54) is 6.07 Å². The van der Waals surface area contributed by atoms with Gasteiger partial charge in [-0.15, -0.1) is 0 Å². The molecule has 0 fully saturated rings. The quantitative estimate of drug-likeness (QED) is 0.661. The van der Waals surface area contributed by atoms with Gasteiger partial charge in [0, 0.05) is 12.0 Å². The predicted molar refractivity (Wildman–Crippen MR) is 43.7 cm³/mol. The summed E-state index contributed by atoms with van der Waals surface area (Å²) in [6.45, 7) is 0.513. The van der Waals surface area contributed by atoms with E-state index in [2.05, 4.69) is 0 Å². The van der Waals surface area contributed by atoms with Crippen molar-refractivity contribution in [3.8, 4) is 5.75 Å². The Balaban J connectivity index is 2.40. The minimum absolute atomic E-state index is 0.212. The second-order valence-electron chi connectivity index (χ2n) is 2.78. The minimum Gasteiger partial charge on any atom is -0.478 e. The number of carboxylic acid groups (broad SMARTS) is 1. The molecule has 2 rings (SSSR count). The number of fused-ring (bicyclic) bond motifs is 1. The third kappa shape index (κ3) is 1.48. The number of hydrogen-bond acceptors (Lipinski definition) is 3. The summed E-state index contributed by atoms with van der Waals surface area (Å²) < 4.78 is 0. The lowest BCUT2D eigenvalue weighted by Gasteiger charge is -2.15. The zero-order chi connectivity index (χ0) is 9.26. The fourth-order valence-corrected chi connectivity index (χ4v) is 1.23. The summed E-state index contributed by atoms with van der Waals surface area (Å²) >= 11 is 0. The van der Waals surface area contributed by atoms with E-state index in [4.69, 9.17) is 14.9 Å². The molecule has 0 unspecified atom stereocenters. The highest BCUT2D eigenvalue weighted by Crippen LogP contribution is 2.24. The topological polar surface area (TPSA) is 55.8 Å². The Labute approximate surface area is 74.6 Å².